The summed E-state index contributed by atoms with van der Waals surface area (Å²) < 4.78 is 0. The number of nitrogens with one attached hydrogen (secondary N) is 1. The molecule has 0 heterocycles. The Hall–Kier alpha value is -0.570. The molecule has 3 heteroatoms. The van der Waals surface area contributed by atoms with Gasteiger partial charge in [0, 0.05) is 6.42 Å². The van der Waals surface area contributed by atoms with Crippen molar-refractivity contribution in [3.63, 3.8) is 0 Å². The number of carbonyl (C=O) groups excluding carboxylic acids is 1. The summed E-state index contributed by atoms with van der Waals surface area (Å²) in [6.45, 7) is 4.25. The number of unbranched alkanes of at least 4 members (excludes halogenated alkanes) is 12. The molecule has 1 unspecified atom stereocenters. The van der Waals surface area contributed by atoms with Gasteiger partial charge in [-0.15, -0.1) is 0 Å². The summed E-state index contributed by atoms with van der Waals surface area (Å²) in [5.74, 6) is 0.109. The number of rotatable bonds is 16. The molecule has 0 aromatic rings. The first-order valence-electron chi connectivity index (χ1n) is 9.75. The molecular weight excluding hydrogens is 272 g/mol. The predicted molar refractivity (Wildman–Crippen MR) is 96.7 cm³/mol. The van der Waals surface area contributed by atoms with Crippen molar-refractivity contribution in [3.8, 4) is 0 Å². The molecule has 3 N–H and O–H groups in total. The fraction of sp³-hybridized carbons (Fsp3) is 0.947. The van der Waals surface area contributed by atoms with Crippen molar-refractivity contribution < 1.29 is 4.79 Å². The molecular formula is C19H40N2O. The van der Waals surface area contributed by atoms with E-state index < -0.39 is 0 Å². The summed E-state index contributed by atoms with van der Waals surface area (Å²) >= 11 is 0. The van der Waals surface area contributed by atoms with Gasteiger partial charge in [0.1, 0.15) is 0 Å². The lowest BCUT2D eigenvalue weighted by Crippen LogP contribution is -2.40. The average molecular weight is 313 g/mol. The summed E-state index contributed by atoms with van der Waals surface area (Å²) in [6.07, 6.45) is 18.6. The Bertz CT molecular complexity index is 244. The van der Waals surface area contributed by atoms with Crippen LogP contribution in [0.15, 0.2) is 0 Å². The Kier molecular flexibility index (Phi) is 16.4. The van der Waals surface area contributed by atoms with E-state index in [1.807, 2.05) is 6.92 Å². The molecule has 0 aliphatic rings. The first kappa shape index (κ1) is 21.4. The molecule has 22 heavy (non-hydrogen) atoms. The molecule has 0 saturated heterocycles. The third-order valence-electron chi connectivity index (χ3n) is 4.29. The quantitative estimate of drug-likeness (QED) is 0.301. The van der Waals surface area contributed by atoms with Crippen molar-refractivity contribution in [2.75, 3.05) is 0 Å². The van der Waals surface area contributed by atoms with Crippen LogP contribution in [0, 0.1) is 0 Å². The zero-order valence-electron chi connectivity index (χ0n) is 15.2. The van der Waals surface area contributed by atoms with E-state index in [1.54, 1.807) is 0 Å². The maximum atomic E-state index is 11.5. The first-order chi connectivity index (χ1) is 10.7. The van der Waals surface area contributed by atoms with E-state index >= 15 is 0 Å². The van der Waals surface area contributed by atoms with Crippen LogP contribution in [0.2, 0.25) is 0 Å². The van der Waals surface area contributed by atoms with Crippen molar-refractivity contribution in [3.05, 3.63) is 0 Å². The van der Waals surface area contributed by atoms with Gasteiger partial charge < -0.3 is 11.1 Å². The fourth-order valence-electron chi connectivity index (χ4n) is 2.68. The van der Waals surface area contributed by atoms with E-state index in [0.717, 1.165) is 12.8 Å². The second-order valence-corrected chi connectivity index (χ2v) is 6.57. The number of hydrogen-bond acceptors (Lipinski definition) is 2. The highest BCUT2D eigenvalue weighted by Gasteiger charge is 2.04. The van der Waals surface area contributed by atoms with Gasteiger partial charge in [-0.2, -0.15) is 0 Å². The molecule has 0 fully saturated rings. The van der Waals surface area contributed by atoms with Gasteiger partial charge in [0.25, 0.3) is 0 Å². The molecule has 0 radical (unpaired) electrons. The summed E-state index contributed by atoms with van der Waals surface area (Å²) in [7, 11) is 0. The van der Waals surface area contributed by atoms with E-state index in [-0.39, 0.29) is 12.1 Å². The standard InChI is InChI=1S/C19H40N2O/c1-3-5-6-7-8-9-10-11-12-13-14-15-16-17-19(22)21-18(20)4-2/h18H,3-17,20H2,1-2H3,(H,21,22). The molecule has 0 aliphatic heterocycles. The van der Waals surface area contributed by atoms with Crippen molar-refractivity contribution in [2.45, 2.75) is 116 Å². The Balaban J connectivity index is 3.12. The Morgan fingerprint density at radius 3 is 1.59 bits per heavy atom. The van der Waals surface area contributed by atoms with Crippen LogP contribution in [-0.2, 0) is 4.79 Å². The molecule has 0 aromatic carbocycles. The molecule has 1 atom stereocenters. The molecule has 0 spiro atoms. The van der Waals surface area contributed by atoms with Gasteiger partial charge in [0.2, 0.25) is 5.91 Å². The number of carbonyl (C=O) groups is 1. The summed E-state index contributed by atoms with van der Waals surface area (Å²) in [5, 5.41) is 2.81. The third kappa shape index (κ3) is 15.8. The van der Waals surface area contributed by atoms with Crippen LogP contribution in [0.1, 0.15) is 110 Å². The normalized spacial score (nSPS) is 12.3. The predicted octanol–water partition coefficient (Wildman–Crippen LogP) is 5.28. The SMILES string of the molecule is CCCCCCCCCCCCCCCC(=O)NC(N)CC. The van der Waals surface area contributed by atoms with E-state index in [9.17, 15) is 4.79 Å². The van der Waals surface area contributed by atoms with Crippen LogP contribution in [0.4, 0.5) is 0 Å². The van der Waals surface area contributed by atoms with E-state index in [4.69, 9.17) is 5.73 Å². The molecule has 0 saturated carbocycles. The lowest BCUT2D eigenvalue weighted by atomic mass is 10.0. The number of hydrogen-bond donors (Lipinski definition) is 2. The largest absolute Gasteiger partial charge is 0.341 e. The Morgan fingerprint density at radius 1 is 0.773 bits per heavy atom. The average Bonchev–Trinajstić information content (AvgIpc) is 2.51. The van der Waals surface area contributed by atoms with Crippen LogP contribution in [-0.4, -0.2) is 12.1 Å². The van der Waals surface area contributed by atoms with Crippen molar-refractivity contribution in [1.29, 1.82) is 0 Å². The zero-order valence-corrected chi connectivity index (χ0v) is 15.2. The van der Waals surface area contributed by atoms with Crippen molar-refractivity contribution in [1.82, 2.24) is 5.32 Å². The van der Waals surface area contributed by atoms with Crippen LogP contribution in [0.3, 0.4) is 0 Å². The second-order valence-electron chi connectivity index (χ2n) is 6.57. The third-order valence-corrected chi connectivity index (χ3v) is 4.29. The van der Waals surface area contributed by atoms with Crippen LogP contribution in [0.5, 0.6) is 0 Å². The van der Waals surface area contributed by atoms with Crippen LogP contribution in [0.25, 0.3) is 0 Å². The minimum atomic E-state index is -0.172. The monoisotopic (exact) mass is 312 g/mol. The van der Waals surface area contributed by atoms with Crippen LogP contribution >= 0.6 is 0 Å². The minimum absolute atomic E-state index is 0.109. The maximum absolute atomic E-state index is 11.5. The van der Waals surface area contributed by atoms with Gasteiger partial charge in [-0.05, 0) is 12.8 Å². The molecule has 3 nitrogen and oxygen atoms in total. The molecule has 0 aromatic heterocycles. The Labute approximate surface area is 138 Å². The van der Waals surface area contributed by atoms with Gasteiger partial charge in [-0.1, -0.05) is 90.9 Å². The van der Waals surface area contributed by atoms with Gasteiger partial charge in [0.15, 0.2) is 0 Å². The van der Waals surface area contributed by atoms with Gasteiger partial charge in [0.05, 0.1) is 6.17 Å². The van der Waals surface area contributed by atoms with E-state index in [0.29, 0.717) is 6.42 Å². The summed E-state index contributed by atoms with van der Waals surface area (Å²) in [5.41, 5.74) is 5.69. The number of nitrogens with two attached hydrogens (primary N) is 1. The summed E-state index contributed by atoms with van der Waals surface area (Å²) in [6, 6.07) is 0. The molecule has 132 valence electrons. The Morgan fingerprint density at radius 2 is 1.18 bits per heavy atom. The lowest BCUT2D eigenvalue weighted by molar-refractivity contribution is -0.121. The van der Waals surface area contributed by atoms with Gasteiger partial charge >= 0.3 is 0 Å². The van der Waals surface area contributed by atoms with Crippen molar-refractivity contribution >= 4 is 5.91 Å². The van der Waals surface area contributed by atoms with Crippen molar-refractivity contribution in [2.24, 2.45) is 5.73 Å². The molecule has 0 bridgehead atoms. The zero-order chi connectivity index (χ0) is 16.5. The highest BCUT2D eigenvalue weighted by molar-refractivity contribution is 5.76. The number of amides is 1. The fourth-order valence-corrected chi connectivity index (χ4v) is 2.68. The second kappa shape index (κ2) is 16.8. The van der Waals surface area contributed by atoms with Gasteiger partial charge in [-0.25, -0.2) is 0 Å². The molecule has 1 amide bonds. The molecule has 0 rings (SSSR count). The topological polar surface area (TPSA) is 55.1 Å². The smallest absolute Gasteiger partial charge is 0.221 e. The highest BCUT2D eigenvalue weighted by Crippen LogP contribution is 2.12. The van der Waals surface area contributed by atoms with E-state index in [1.165, 1.54) is 77.0 Å². The maximum Gasteiger partial charge on any atom is 0.221 e. The highest BCUT2D eigenvalue weighted by atomic mass is 16.1. The van der Waals surface area contributed by atoms with Crippen LogP contribution < -0.4 is 11.1 Å². The first-order valence-corrected chi connectivity index (χ1v) is 9.75. The minimum Gasteiger partial charge on any atom is -0.341 e. The van der Waals surface area contributed by atoms with E-state index in [2.05, 4.69) is 12.2 Å². The van der Waals surface area contributed by atoms with Gasteiger partial charge in [-0.3, -0.25) is 4.79 Å². The lowest BCUT2D eigenvalue weighted by Gasteiger charge is -2.10. The molecule has 0 aliphatic carbocycles. The summed E-state index contributed by atoms with van der Waals surface area (Å²) in [4.78, 5) is 11.5.